The summed E-state index contributed by atoms with van der Waals surface area (Å²) in [6.45, 7) is 2.08. The van der Waals surface area contributed by atoms with Crippen LogP contribution in [0.1, 0.15) is 0 Å². The monoisotopic (exact) mass is 668 g/mol. The number of hydrogen-bond acceptors (Lipinski definition) is 3. The molecule has 4 aromatic carbocycles. The van der Waals surface area contributed by atoms with Crippen LogP contribution in [0.5, 0.6) is 0 Å². The van der Waals surface area contributed by atoms with Gasteiger partial charge in [-0.3, -0.25) is 0 Å². The van der Waals surface area contributed by atoms with Crippen molar-refractivity contribution in [3.8, 4) is 11.3 Å². The van der Waals surface area contributed by atoms with Gasteiger partial charge in [-0.1, -0.05) is 54.2 Å². The van der Waals surface area contributed by atoms with Gasteiger partial charge in [-0.05, 0) is 48.2 Å². The molecule has 0 spiro atoms. The van der Waals surface area contributed by atoms with Crippen LogP contribution in [0.3, 0.4) is 0 Å². The minimum Gasteiger partial charge on any atom is -0.510 e. The summed E-state index contributed by atoms with van der Waals surface area (Å²) in [4.78, 5) is 8.42. The summed E-state index contributed by atoms with van der Waals surface area (Å²) in [5.41, 5.74) is 6.86. The summed E-state index contributed by atoms with van der Waals surface area (Å²) in [7, 11) is 2.04. The third-order valence-electron chi connectivity index (χ3n) is 6.84. The van der Waals surface area contributed by atoms with Crippen molar-refractivity contribution >= 4 is 43.8 Å². The summed E-state index contributed by atoms with van der Waals surface area (Å²) < 4.78 is 2.40. The van der Waals surface area contributed by atoms with E-state index < -0.39 is 0 Å². The SMILES string of the molecule is CN1C=CN(c2[c-]ccc3c4cccc5c6ccccc6n(c23)c54)[CH-]1.[Ir+3].[c-]1ccccc1-c1ccccn1. The molecular formula is C33H23IrN4. The van der Waals surface area contributed by atoms with Crippen molar-refractivity contribution in [2.75, 3.05) is 11.9 Å². The van der Waals surface area contributed by atoms with E-state index in [0.717, 1.165) is 16.9 Å². The minimum atomic E-state index is 0. The van der Waals surface area contributed by atoms with Crippen LogP contribution in [0.4, 0.5) is 5.69 Å². The maximum absolute atomic E-state index is 4.22. The predicted molar refractivity (Wildman–Crippen MR) is 152 cm³/mol. The Kier molecular flexibility index (Phi) is 6.32. The molecule has 5 heteroatoms. The number of para-hydroxylation sites is 2. The van der Waals surface area contributed by atoms with E-state index in [2.05, 4.69) is 98.9 Å². The largest absolute Gasteiger partial charge is 3.00 e. The number of fused-ring (bicyclic) bond motifs is 6. The molecule has 4 nitrogen and oxygen atoms in total. The molecule has 0 saturated heterocycles. The molecule has 0 atom stereocenters. The zero-order valence-corrected chi connectivity index (χ0v) is 23.1. The van der Waals surface area contributed by atoms with Crippen molar-refractivity contribution in [1.29, 1.82) is 0 Å². The van der Waals surface area contributed by atoms with Crippen molar-refractivity contribution in [3.63, 3.8) is 0 Å². The van der Waals surface area contributed by atoms with Gasteiger partial charge in [-0.25, -0.2) is 0 Å². The van der Waals surface area contributed by atoms with Crippen LogP contribution >= 0.6 is 0 Å². The molecule has 0 N–H and O–H groups in total. The molecule has 8 rings (SSSR count). The first-order chi connectivity index (χ1) is 18.3. The Hall–Kier alpha value is -4.18. The van der Waals surface area contributed by atoms with E-state index in [1.54, 1.807) is 6.20 Å². The van der Waals surface area contributed by atoms with Crippen molar-refractivity contribution in [1.82, 2.24) is 14.3 Å². The predicted octanol–water partition coefficient (Wildman–Crippen LogP) is 7.53. The number of nitrogens with zero attached hydrogens (tertiary/aromatic N) is 4. The third-order valence-corrected chi connectivity index (χ3v) is 6.84. The molecule has 0 amide bonds. The summed E-state index contributed by atoms with van der Waals surface area (Å²) in [5, 5.41) is 5.19. The first-order valence-electron chi connectivity index (χ1n) is 12.3. The second-order valence-electron chi connectivity index (χ2n) is 9.12. The normalized spacial score (nSPS) is 12.9. The summed E-state index contributed by atoms with van der Waals surface area (Å²) in [6.07, 6.45) is 5.92. The second kappa shape index (κ2) is 9.94. The maximum atomic E-state index is 4.22. The zero-order valence-electron chi connectivity index (χ0n) is 20.7. The van der Waals surface area contributed by atoms with Crippen molar-refractivity contribution < 1.29 is 20.1 Å². The van der Waals surface area contributed by atoms with E-state index >= 15 is 0 Å². The molecule has 4 heterocycles. The molecule has 38 heavy (non-hydrogen) atoms. The molecule has 0 unspecified atom stereocenters. The van der Waals surface area contributed by atoms with Crippen LogP contribution in [0.25, 0.3) is 49.4 Å². The molecule has 0 fully saturated rings. The number of hydrogen-bond donors (Lipinski definition) is 0. The van der Waals surface area contributed by atoms with E-state index in [0.29, 0.717) is 0 Å². The smallest absolute Gasteiger partial charge is 0.510 e. The van der Waals surface area contributed by atoms with Gasteiger partial charge in [0.1, 0.15) is 0 Å². The number of aromatic nitrogens is 2. The molecular weight excluding hydrogens is 645 g/mol. The fraction of sp³-hybridized carbons (Fsp3) is 0.0303. The number of anilines is 1. The number of pyridine rings is 1. The Morgan fingerprint density at radius 1 is 0.684 bits per heavy atom. The van der Waals surface area contributed by atoms with Gasteiger partial charge in [0.25, 0.3) is 0 Å². The average molecular weight is 668 g/mol. The average Bonchev–Trinajstić information content (AvgIpc) is 3.65. The topological polar surface area (TPSA) is 23.8 Å². The zero-order chi connectivity index (χ0) is 24.8. The molecule has 0 saturated carbocycles. The number of benzene rings is 4. The van der Waals surface area contributed by atoms with Crippen molar-refractivity contribution in [3.05, 3.63) is 134 Å². The van der Waals surface area contributed by atoms with Gasteiger partial charge in [-0.15, -0.1) is 41.3 Å². The van der Waals surface area contributed by atoms with Crippen LogP contribution < -0.4 is 4.90 Å². The third kappa shape index (κ3) is 3.92. The van der Waals surface area contributed by atoms with E-state index in [-0.39, 0.29) is 20.1 Å². The van der Waals surface area contributed by atoms with Gasteiger partial charge in [-0.2, -0.15) is 24.9 Å². The van der Waals surface area contributed by atoms with Crippen LogP contribution in [-0.4, -0.2) is 21.3 Å². The van der Waals surface area contributed by atoms with Crippen LogP contribution in [0, 0.1) is 18.8 Å². The maximum Gasteiger partial charge on any atom is 3.00 e. The fourth-order valence-electron chi connectivity index (χ4n) is 5.24. The van der Waals surface area contributed by atoms with E-state index in [1.807, 2.05) is 55.6 Å². The fourth-order valence-corrected chi connectivity index (χ4v) is 5.24. The Morgan fingerprint density at radius 3 is 2.21 bits per heavy atom. The summed E-state index contributed by atoms with van der Waals surface area (Å²) in [6, 6.07) is 39.8. The standard InChI is InChI=1S/C22H15N3.C11H8N.Ir/c1-23-12-13-24(14-23)20-11-5-9-18-17-8-4-7-16-15-6-2-3-10-19(15)25(21(16)17)22(18)20;1-2-6-10(7-3-1)11-8-4-5-9-12-11;/h2-10,12-14H,1H3;1-6,8-9H;/q-2;-1;+3. The molecule has 0 radical (unpaired) electrons. The first-order valence-corrected chi connectivity index (χ1v) is 12.3. The van der Waals surface area contributed by atoms with E-state index in [4.69, 9.17) is 0 Å². The van der Waals surface area contributed by atoms with E-state index in [9.17, 15) is 0 Å². The van der Waals surface area contributed by atoms with E-state index in [1.165, 1.54) is 38.1 Å². The van der Waals surface area contributed by atoms with Crippen molar-refractivity contribution in [2.45, 2.75) is 0 Å². The summed E-state index contributed by atoms with van der Waals surface area (Å²) in [5.74, 6) is 0. The van der Waals surface area contributed by atoms with Gasteiger partial charge in [0.05, 0.1) is 0 Å². The van der Waals surface area contributed by atoms with Gasteiger partial charge in [0.2, 0.25) is 0 Å². The van der Waals surface area contributed by atoms with Gasteiger partial charge in [0, 0.05) is 28.0 Å². The second-order valence-corrected chi connectivity index (χ2v) is 9.12. The number of rotatable bonds is 2. The quantitative estimate of drug-likeness (QED) is 0.178. The van der Waals surface area contributed by atoms with Gasteiger partial charge >= 0.3 is 20.1 Å². The molecule has 1 aliphatic heterocycles. The van der Waals surface area contributed by atoms with Gasteiger partial charge < -0.3 is 19.2 Å². The van der Waals surface area contributed by atoms with Crippen molar-refractivity contribution in [2.24, 2.45) is 0 Å². The molecule has 0 aliphatic carbocycles. The molecule has 7 aromatic rings. The van der Waals surface area contributed by atoms with Crippen LogP contribution in [0.15, 0.2) is 116 Å². The Balaban J connectivity index is 0.000000172. The van der Waals surface area contributed by atoms with Crippen LogP contribution in [-0.2, 0) is 20.1 Å². The molecule has 3 aromatic heterocycles. The summed E-state index contributed by atoms with van der Waals surface area (Å²) >= 11 is 0. The Labute approximate surface area is 235 Å². The Morgan fingerprint density at radius 2 is 1.45 bits per heavy atom. The first kappa shape index (κ1) is 24.2. The molecule has 184 valence electrons. The minimum absolute atomic E-state index is 0. The molecule has 0 bridgehead atoms. The van der Waals surface area contributed by atoms with Crippen LogP contribution in [0.2, 0.25) is 0 Å². The molecule has 1 aliphatic rings. The van der Waals surface area contributed by atoms with Gasteiger partial charge in [0.15, 0.2) is 0 Å². The Bertz CT molecular complexity index is 1840.